The molecule has 0 aromatic heterocycles. The van der Waals surface area contributed by atoms with E-state index in [1.54, 1.807) is 30.3 Å². The van der Waals surface area contributed by atoms with Gasteiger partial charge in [-0.2, -0.15) is 0 Å². The summed E-state index contributed by atoms with van der Waals surface area (Å²) in [5.41, 5.74) is 0.847. The normalized spacial score (nSPS) is 14.3. The molecular formula is C10H11ClO2S2. The summed E-state index contributed by atoms with van der Waals surface area (Å²) in [6.07, 6.45) is 4.70. The van der Waals surface area contributed by atoms with Crippen molar-refractivity contribution in [2.24, 2.45) is 0 Å². The Kier molecular flexibility index (Phi) is 4.70. The molecule has 1 aromatic rings. The summed E-state index contributed by atoms with van der Waals surface area (Å²) < 4.78 is 23.0. The molecule has 0 saturated heterocycles. The summed E-state index contributed by atoms with van der Waals surface area (Å²) in [6, 6.07) is 7.06. The first-order valence-corrected chi connectivity index (χ1v) is 7.64. The van der Waals surface area contributed by atoms with Crippen LogP contribution in [0, 0.1) is 0 Å². The number of rotatable bonds is 3. The molecule has 0 amide bonds. The van der Waals surface area contributed by atoms with Gasteiger partial charge in [0.25, 0.3) is 0 Å². The molecule has 2 atom stereocenters. The van der Waals surface area contributed by atoms with E-state index in [-0.39, 0.29) is 0 Å². The number of hydrogen-bond donors (Lipinski definition) is 0. The Balaban J connectivity index is 3.08. The molecule has 0 saturated carbocycles. The average molecular weight is 263 g/mol. The zero-order chi connectivity index (χ0) is 11.4. The lowest BCUT2D eigenvalue weighted by Crippen LogP contribution is -1.98. The van der Waals surface area contributed by atoms with Crippen LogP contribution in [0.5, 0.6) is 0 Å². The SMILES string of the molecule is CS(=O)C(=Cc1ccc(Cl)cc1)S(C)=O. The van der Waals surface area contributed by atoms with Crippen molar-refractivity contribution >= 4 is 39.3 Å². The largest absolute Gasteiger partial charge is 0.254 e. The molecule has 0 aliphatic heterocycles. The molecule has 2 unspecified atom stereocenters. The van der Waals surface area contributed by atoms with Crippen LogP contribution in [0.15, 0.2) is 28.5 Å². The monoisotopic (exact) mass is 262 g/mol. The highest BCUT2D eigenvalue weighted by molar-refractivity contribution is 8.08. The van der Waals surface area contributed by atoms with Gasteiger partial charge in [-0.25, -0.2) is 0 Å². The quantitative estimate of drug-likeness (QED) is 0.838. The van der Waals surface area contributed by atoms with Crippen molar-refractivity contribution in [1.82, 2.24) is 0 Å². The first-order chi connectivity index (χ1) is 7.00. The Labute approximate surface area is 99.3 Å². The first-order valence-electron chi connectivity index (χ1n) is 4.15. The van der Waals surface area contributed by atoms with Crippen molar-refractivity contribution in [3.63, 3.8) is 0 Å². The van der Waals surface area contributed by atoms with Gasteiger partial charge < -0.3 is 0 Å². The molecule has 0 heterocycles. The van der Waals surface area contributed by atoms with Crippen LogP contribution >= 0.6 is 11.6 Å². The Morgan fingerprint density at radius 2 is 1.60 bits per heavy atom. The van der Waals surface area contributed by atoms with E-state index in [0.29, 0.717) is 9.26 Å². The molecule has 0 aliphatic carbocycles. The molecular weight excluding hydrogens is 252 g/mol. The number of halogens is 1. The summed E-state index contributed by atoms with van der Waals surface area (Å²) in [4.78, 5) is 0. The predicted molar refractivity (Wildman–Crippen MR) is 67.6 cm³/mol. The average Bonchev–Trinajstić information content (AvgIpc) is 2.15. The van der Waals surface area contributed by atoms with Gasteiger partial charge >= 0.3 is 0 Å². The fourth-order valence-corrected chi connectivity index (χ4v) is 3.08. The van der Waals surface area contributed by atoms with E-state index in [0.717, 1.165) is 5.56 Å². The molecule has 5 heteroatoms. The van der Waals surface area contributed by atoms with Gasteiger partial charge in [0, 0.05) is 17.5 Å². The zero-order valence-electron chi connectivity index (χ0n) is 8.40. The summed E-state index contributed by atoms with van der Waals surface area (Å²) >= 11 is 5.73. The van der Waals surface area contributed by atoms with Gasteiger partial charge in [-0.15, -0.1) is 0 Å². The van der Waals surface area contributed by atoms with Crippen LogP contribution in [0.3, 0.4) is 0 Å². The minimum absolute atomic E-state index is 0.428. The molecule has 0 radical (unpaired) electrons. The third kappa shape index (κ3) is 3.89. The van der Waals surface area contributed by atoms with Crippen molar-refractivity contribution in [2.75, 3.05) is 12.5 Å². The van der Waals surface area contributed by atoms with Crippen LogP contribution in [0.2, 0.25) is 5.02 Å². The van der Waals surface area contributed by atoms with Gasteiger partial charge in [0.1, 0.15) is 4.24 Å². The Hall–Kier alpha value is -0.450. The van der Waals surface area contributed by atoms with E-state index in [4.69, 9.17) is 11.6 Å². The second-order valence-corrected chi connectivity index (χ2v) is 6.31. The van der Waals surface area contributed by atoms with E-state index < -0.39 is 21.6 Å². The van der Waals surface area contributed by atoms with E-state index in [2.05, 4.69) is 0 Å². The fourth-order valence-electron chi connectivity index (χ4n) is 1.03. The van der Waals surface area contributed by atoms with E-state index in [9.17, 15) is 8.42 Å². The van der Waals surface area contributed by atoms with E-state index in [1.807, 2.05) is 0 Å². The van der Waals surface area contributed by atoms with Gasteiger partial charge in [-0.3, -0.25) is 8.42 Å². The predicted octanol–water partition coefficient (Wildman–Crippen LogP) is 2.40. The molecule has 0 N–H and O–H groups in total. The van der Waals surface area contributed by atoms with Crippen LogP contribution in [0.25, 0.3) is 6.08 Å². The van der Waals surface area contributed by atoms with Crippen LogP contribution in [-0.4, -0.2) is 20.9 Å². The van der Waals surface area contributed by atoms with Crippen LogP contribution < -0.4 is 0 Å². The maximum absolute atomic E-state index is 11.3. The second kappa shape index (κ2) is 5.58. The molecule has 0 fully saturated rings. The van der Waals surface area contributed by atoms with Crippen molar-refractivity contribution < 1.29 is 8.42 Å². The Morgan fingerprint density at radius 3 is 2.00 bits per heavy atom. The fraction of sp³-hybridized carbons (Fsp3) is 0.200. The molecule has 1 aromatic carbocycles. The highest BCUT2D eigenvalue weighted by Crippen LogP contribution is 2.15. The lowest BCUT2D eigenvalue weighted by molar-refractivity contribution is 0.687. The topological polar surface area (TPSA) is 34.1 Å². The third-order valence-electron chi connectivity index (χ3n) is 1.72. The van der Waals surface area contributed by atoms with Gasteiger partial charge in [0.15, 0.2) is 0 Å². The van der Waals surface area contributed by atoms with Crippen LogP contribution in [0.4, 0.5) is 0 Å². The zero-order valence-corrected chi connectivity index (χ0v) is 10.8. The van der Waals surface area contributed by atoms with Gasteiger partial charge in [-0.05, 0) is 23.8 Å². The minimum atomic E-state index is -1.21. The standard InChI is InChI=1S/C10H11ClO2S2/c1-14(12)10(15(2)13)7-8-3-5-9(11)6-4-8/h3-7H,1-2H3. The molecule has 0 bridgehead atoms. The number of benzene rings is 1. The van der Waals surface area contributed by atoms with E-state index >= 15 is 0 Å². The molecule has 2 nitrogen and oxygen atoms in total. The summed E-state index contributed by atoms with van der Waals surface area (Å²) in [6.45, 7) is 0. The second-order valence-electron chi connectivity index (χ2n) is 2.92. The van der Waals surface area contributed by atoms with E-state index in [1.165, 1.54) is 12.5 Å². The minimum Gasteiger partial charge on any atom is -0.254 e. The first kappa shape index (κ1) is 12.6. The molecule has 1 rings (SSSR count). The Morgan fingerprint density at radius 1 is 1.13 bits per heavy atom. The van der Waals surface area contributed by atoms with Crippen molar-refractivity contribution in [3.8, 4) is 0 Å². The van der Waals surface area contributed by atoms with Crippen molar-refractivity contribution in [2.45, 2.75) is 0 Å². The molecule has 0 spiro atoms. The Bertz CT molecular complexity index is 408. The summed E-state index contributed by atoms with van der Waals surface area (Å²) in [7, 11) is -2.42. The summed E-state index contributed by atoms with van der Waals surface area (Å²) in [5, 5.41) is 0.643. The molecule has 0 aliphatic rings. The highest BCUT2D eigenvalue weighted by Gasteiger charge is 2.06. The smallest absolute Gasteiger partial charge is 0.103 e. The summed E-state index contributed by atoms with van der Waals surface area (Å²) in [5.74, 6) is 0. The third-order valence-corrected chi connectivity index (χ3v) is 4.75. The van der Waals surface area contributed by atoms with Crippen molar-refractivity contribution in [3.05, 3.63) is 39.1 Å². The highest BCUT2D eigenvalue weighted by atomic mass is 35.5. The molecule has 82 valence electrons. The van der Waals surface area contributed by atoms with Crippen LogP contribution in [-0.2, 0) is 21.6 Å². The maximum atomic E-state index is 11.3. The van der Waals surface area contributed by atoms with Gasteiger partial charge in [-0.1, -0.05) is 23.7 Å². The van der Waals surface area contributed by atoms with Gasteiger partial charge in [0.2, 0.25) is 0 Å². The number of hydrogen-bond acceptors (Lipinski definition) is 2. The lowest BCUT2D eigenvalue weighted by Gasteiger charge is -2.00. The van der Waals surface area contributed by atoms with Crippen LogP contribution in [0.1, 0.15) is 5.56 Å². The maximum Gasteiger partial charge on any atom is 0.103 e. The lowest BCUT2D eigenvalue weighted by atomic mass is 10.2. The molecule has 15 heavy (non-hydrogen) atoms. The van der Waals surface area contributed by atoms with Gasteiger partial charge in [0.05, 0.1) is 21.6 Å². The van der Waals surface area contributed by atoms with Crippen molar-refractivity contribution in [1.29, 1.82) is 0 Å².